The van der Waals surface area contributed by atoms with E-state index >= 15 is 0 Å². The molecule has 2 atom stereocenters. The number of benzene rings is 1. The molecule has 98 valence electrons. The van der Waals surface area contributed by atoms with Crippen molar-refractivity contribution in [1.82, 2.24) is 0 Å². The molecular formula is C13H16ClNO3. The van der Waals surface area contributed by atoms with Crippen molar-refractivity contribution in [2.24, 2.45) is 0 Å². The Morgan fingerprint density at radius 3 is 2.33 bits per heavy atom. The lowest BCUT2D eigenvalue weighted by Gasteiger charge is -2.19. The molecule has 0 radical (unpaired) electrons. The van der Waals surface area contributed by atoms with Gasteiger partial charge in [-0.05, 0) is 24.6 Å². The molecule has 0 spiro atoms. The summed E-state index contributed by atoms with van der Waals surface area (Å²) in [6.45, 7) is 3.21. The Kier molecular flexibility index (Phi) is 5.28. The first-order valence-corrected chi connectivity index (χ1v) is 6.21. The second-order valence-electron chi connectivity index (χ2n) is 4.33. The summed E-state index contributed by atoms with van der Waals surface area (Å²) in [6.07, 6.45) is 0.578. The van der Waals surface area contributed by atoms with E-state index in [4.69, 9.17) is 11.6 Å². The van der Waals surface area contributed by atoms with Crippen molar-refractivity contribution < 1.29 is 9.72 Å². The van der Waals surface area contributed by atoms with E-state index in [1.807, 2.05) is 0 Å². The molecule has 0 saturated carbocycles. The molecule has 4 nitrogen and oxygen atoms in total. The van der Waals surface area contributed by atoms with Gasteiger partial charge in [-0.3, -0.25) is 10.1 Å². The number of Topliss-reactive ketones (excluding diaryl/α,β-unsaturated/α-hetero) is 1. The first-order valence-electron chi connectivity index (χ1n) is 5.84. The quantitative estimate of drug-likeness (QED) is 0.587. The van der Waals surface area contributed by atoms with Crippen LogP contribution in [0.1, 0.15) is 38.2 Å². The summed E-state index contributed by atoms with van der Waals surface area (Å²) < 4.78 is 0. The Bertz CT molecular complexity index is 430. The van der Waals surface area contributed by atoms with Crippen LogP contribution >= 0.6 is 11.6 Å². The second kappa shape index (κ2) is 6.50. The van der Waals surface area contributed by atoms with E-state index in [1.165, 1.54) is 6.92 Å². The summed E-state index contributed by atoms with van der Waals surface area (Å²) in [4.78, 5) is 22.0. The van der Waals surface area contributed by atoms with Crippen LogP contribution in [0.5, 0.6) is 0 Å². The molecule has 0 saturated heterocycles. The SMILES string of the molecule is CCC(C(CC(C)=O)c1ccc(Cl)cc1)[N+](=O)[O-]. The van der Waals surface area contributed by atoms with Crippen molar-refractivity contribution in [3.8, 4) is 0 Å². The van der Waals surface area contributed by atoms with E-state index in [9.17, 15) is 14.9 Å². The van der Waals surface area contributed by atoms with Crippen molar-refractivity contribution in [3.63, 3.8) is 0 Å². The molecule has 2 unspecified atom stereocenters. The van der Waals surface area contributed by atoms with Crippen molar-refractivity contribution >= 4 is 17.4 Å². The fourth-order valence-electron chi connectivity index (χ4n) is 2.08. The molecule has 0 heterocycles. The van der Waals surface area contributed by atoms with Crippen LogP contribution in [0.2, 0.25) is 5.02 Å². The van der Waals surface area contributed by atoms with Crippen molar-refractivity contribution in [2.45, 2.75) is 38.6 Å². The lowest BCUT2D eigenvalue weighted by molar-refractivity contribution is -0.527. The van der Waals surface area contributed by atoms with Gasteiger partial charge in [-0.25, -0.2) is 0 Å². The van der Waals surface area contributed by atoms with Gasteiger partial charge in [0.2, 0.25) is 6.04 Å². The number of nitrogens with zero attached hydrogens (tertiary/aromatic N) is 1. The molecular weight excluding hydrogens is 254 g/mol. The highest BCUT2D eigenvalue weighted by atomic mass is 35.5. The molecule has 0 aromatic heterocycles. The van der Waals surface area contributed by atoms with Gasteiger partial charge in [0.05, 0.1) is 5.92 Å². The summed E-state index contributed by atoms with van der Waals surface area (Å²) >= 11 is 5.80. The Hall–Kier alpha value is -1.42. The highest BCUT2D eigenvalue weighted by molar-refractivity contribution is 6.30. The molecule has 1 aromatic rings. The Balaban J connectivity index is 3.07. The number of nitro groups is 1. The van der Waals surface area contributed by atoms with Crippen LogP contribution in [0, 0.1) is 10.1 Å². The Labute approximate surface area is 111 Å². The topological polar surface area (TPSA) is 60.2 Å². The van der Waals surface area contributed by atoms with Gasteiger partial charge in [0.15, 0.2) is 0 Å². The highest BCUT2D eigenvalue weighted by Gasteiger charge is 2.31. The van der Waals surface area contributed by atoms with Crippen LogP contribution < -0.4 is 0 Å². The zero-order chi connectivity index (χ0) is 13.7. The first kappa shape index (κ1) is 14.6. The van der Waals surface area contributed by atoms with Gasteiger partial charge in [-0.15, -0.1) is 0 Å². The summed E-state index contributed by atoms with van der Waals surface area (Å²) in [5.41, 5.74) is 0.790. The number of carbonyl (C=O) groups is 1. The smallest absolute Gasteiger partial charge is 0.220 e. The molecule has 0 amide bonds. The number of hydrogen-bond acceptors (Lipinski definition) is 3. The average Bonchev–Trinajstić information content (AvgIpc) is 2.28. The zero-order valence-electron chi connectivity index (χ0n) is 10.4. The molecule has 18 heavy (non-hydrogen) atoms. The Morgan fingerprint density at radius 2 is 1.94 bits per heavy atom. The molecule has 1 rings (SSSR count). The summed E-state index contributed by atoms with van der Waals surface area (Å²) in [7, 11) is 0. The van der Waals surface area contributed by atoms with E-state index in [1.54, 1.807) is 31.2 Å². The van der Waals surface area contributed by atoms with Crippen molar-refractivity contribution in [3.05, 3.63) is 45.0 Å². The maximum absolute atomic E-state index is 11.3. The van der Waals surface area contributed by atoms with E-state index in [2.05, 4.69) is 0 Å². The van der Waals surface area contributed by atoms with E-state index in [0.29, 0.717) is 11.4 Å². The monoisotopic (exact) mass is 269 g/mol. The normalized spacial score (nSPS) is 13.9. The molecule has 0 bridgehead atoms. The zero-order valence-corrected chi connectivity index (χ0v) is 11.2. The maximum Gasteiger partial charge on any atom is 0.220 e. The number of halogens is 1. The fourth-order valence-corrected chi connectivity index (χ4v) is 2.20. The largest absolute Gasteiger partial charge is 0.300 e. The predicted octanol–water partition coefficient (Wildman–Crippen LogP) is 3.46. The van der Waals surface area contributed by atoms with Crippen LogP contribution in [0.3, 0.4) is 0 Å². The molecule has 0 fully saturated rings. The van der Waals surface area contributed by atoms with Crippen LogP contribution in [-0.2, 0) is 4.79 Å². The summed E-state index contributed by atoms with van der Waals surface area (Å²) in [5, 5.41) is 11.6. The van der Waals surface area contributed by atoms with Crippen LogP contribution in [0.15, 0.2) is 24.3 Å². The molecule has 0 aliphatic rings. The second-order valence-corrected chi connectivity index (χ2v) is 4.76. The van der Waals surface area contributed by atoms with Gasteiger partial charge in [0.25, 0.3) is 0 Å². The molecule has 0 aliphatic heterocycles. The first-order chi connectivity index (χ1) is 8.45. The number of hydrogen-bond donors (Lipinski definition) is 0. The predicted molar refractivity (Wildman–Crippen MR) is 70.6 cm³/mol. The van der Waals surface area contributed by atoms with Crippen LogP contribution in [0.25, 0.3) is 0 Å². The number of ketones is 1. The minimum absolute atomic E-state index is 0.0461. The third-order valence-electron chi connectivity index (χ3n) is 2.96. The highest BCUT2D eigenvalue weighted by Crippen LogP contribution is 2.28. The number of rotatable bonds is 6. The van der Waals surface area contributed by atoms with Gasteiger partial charge in [-0.2, -0.15) is 0 Å². The van der Waals surface area contributed by atoms with Gasteiger partial charge in [0.1, 0.15) is 5.78 Å². The molecule has 5 heteroatoms. The summed E-state index contributed by atoms with van der Waals surface area (Å²) in [5.74, 6) is -0.435. The lowest BCUT2D eigenvalue weighted by atomic mass is 9.86. The fraction of sp³-hybridized carbons (Fsp3) is 0.462. The van der Waals surface area contributed by atoms with Gasteiger partial charge >= 0.3 is 0 Å². The van der Waals surface area contributed by atoms with Crippen LogP contribution in [0.4, 0.5) is 0 Å². The van der Waals surface area contributed by atoms with E-state index in [0.717, 1.165) is 5.56 Å². The minimum Gasteiger partial charge on any atom is -0.300 e. The summed E-state index contributed by atoms with van der Waals surface area (Å²) in [6, 6.07) is 6.15. The van der Waals surface area contributed by atoms with Crippen molar-refractivity contribution in [2.75, 3.05) is 0 Å². The Morgan fingerprint density at radius 1 is 1.39 bits per heavy atom. The standard InChI is InChI=1S/C13H16ClNO3/c1-3-13(15(17)18)12(8-9(2)16)10-4-6-11(14)7-5-10/h4-7,12-13H,3,8H2,1-2H3. The van der Waals surface area contributed by atoms with E-state index in [-0.39, 0.29) is 23.0 Å². The van der Waals surface area contributed by atoms with Crippen LogP contribution in [-0.4, -0.2) is 16.7 Å². The van der Waals surface area contributed by atoms with Gasteiger partial charge in [0, 0.05) is 22.8 Å². The molecule has 0 N–H and O–H groups in total. The molecule has 1 aromatic carbocycles. The van der Waals surface area contributed by atoms with Crippen molar-refractivity contribution in [1.29, 1.82) is 0 Å². The molecule has 0 aliphatic carbocycles. The third-order valence-corrected chi connectivity index (χ3v) is 3.21. The maximum atomic E-state index is 11.3. The lowest BCUT2D eigenvalue weighted by Crippen LogP contribution is -2.28. The third kappa shape index (κ3) is 3.81. The van der Waals surface area contributed by atoms with E-state index < -0.39 is 6.04 Å². The van der Waals surface area contributed by atoms with Gasteiger partial charge in [-0.1, -0.05) is 30.7 Å². The minimum atomic E-state index is -0.741. The average molecular weight is 270 g/mol. The van der Waals surface area contributed by atoms with Gasteiger partial charge < -0.3 is 4.79 Å². The number of carbonyl (C=O) groups excluding carboxylic acids is 1.